The average molecular weight is 155 g/mol. The van der Waals surface area contributed by atoms with Crippen LogP contribution in [0.2, 0.25) is 0 Å². The maximum atomic E-state index is 8.56. The first kappa shape index (κ1) is 10.1. The summed E-state index contributed by atoms with van der Waals surface area (Å²) < 4.78 is 0. The first-order valence-corrected chi connectivity index (χ1v) is 3.19. The van der Waals surface area contributed by atoms with Gasteiger partial charge in [-0.25, -0.2) is 0 Å². The predicted molar refractivity (Wildman–Crippen MR) is 43.4 cm³/mol. The molecular weight excluding hydrogens is 142 g/mol. The van der Waals surface area contributed by atoms with Gasteiger partial charge in [0, 0.05) is 6.42 Å². The molecule has 0 saturated heterocycles. The highest BCUT2D eigenvalue weighted by molar-refractivity contribution is 5.14. The van der Waals surface area contributed by atoms with Crippen molar-refractivity contribution >= 4 is 0 Å². The molecule has 3 heteroatoms. The normalized spacial score (nSPS) is 9.36. The van der Waals surface area contributed by atoms with Crippen LogP contribution in [-0.4, -0.2) is 16.5 Å². The van der Waals surface area contributed by atoms with Crippen LogP contribution in [0.5, 0.6) is 0 Å². The van der Waals surface area contributed by atoms with Gasteiger partial charge in [-0.3, -0.25) is 0 Å². The SMILES string of the molecule is N.OC(O)Cc1ccccc1. The molecule has 0 aliphatic rings. The highest BCUT2D eigenvalue weighted by atomic mass is 16.5. The van der Waals surface area contributed by atoms with Crippen molar-refractivity contribution < 1.29 is 10.2 Å². The van der Waals surface area contributed by atoms with E-state index < -0.39 is 6.29 Å². The molecule has 1 aromatic carbocycles. The van der Waals surface area contributed by atoms with Crippen LogP contribution in [0.3, 0.4) is 0 Å². The molecule has 0 saturated carbocycles. The number of benzene rings is 1. The van der Waals surface area contributed by atoms with Crippen LogP contribution in [0.25, 0.3) is 0 Å². The van der Waals surface area contributed by atoms with Crippen molar-refractivity contribution in [3.8, 4) is 0 Å². The Morgan fingerprint density at radius 3 is 2.09 bits per heavy atom. The second kappa shape index (κ2) is 4.85. The zero-order chi connectivity index (χ0) is 7.40. The predicted octanol–water partition coefficient (Wildman–Crippen LogP) is 0.702. The van der Waals surface area contributed by atoms with Gasteiger partial charge in [0.2, 0.25) is 0 Å². The Hall–Kier alpha value is -0.900. The van der Waals surface area contributed by atoms with Crippen LogP contribution in [-0.2, 0) is 6.42 Å². The summed E-state index contributed by atoms with van der Waals surface area (Å²) >= 11 is 0. The molecule has 0 fully saturated rings. The Balaban J connectivity index is 0.000001000. The Morgan fingerprint density at radius 2 is 1.64 bits per heavy atom. The fraction of sp³-hybridized carbons (Fsp3) is 0.250. The third kappa shape index (κ3) is 3.72. The highest BCUT2D eigenvalue weighted by Gasteiger charge is 1.97. The summed E-state index contributed by atoms with van der Waals surface area (Å²) in [7, 11) is 0. The van der Waals surface area contributed by atoms with E-state index in [1.54, 1.807) is 0 Å². The lowest BCUT2D eigenvalue weighted by atomic mass is 10.1. The molecule has 0 aliphatic carbocycles. The van der Waals surface area contributed by atoms with Crippen LogP contribution >= 0.6 is 0 Å². The third-order valence-corrected chi connectivity index (χ3v) is 1.26. The molecule has 0 aliphatic heterocycles. The van der Waals surface area contributed by atoms with E-state index in [1.807, 2.05) is 30.3 Å². The molecule has 0 bridgehead atoms. The van der Waals surface area contributed by atoms with E-state index in [1.165, 1.54) is 0 Å². The zero-order valence-corrected chi connectivity index (χ0v) is 6.27. The summed E-state index contributed by atoms with van der Waals surface area (Å²) in [4.78, 5) is 0. The van der Waals surface area contributed by atoms with Crippen molar-refractivity contribution in [2.75, 3.05) is 0 Å². The second-order valence-electron chi connectivity index (χ2n) is 2.17. The van der Waals surface area contributed by atoms with E-state index in [-0.39, 0.29) is 6.15 Å². The van der Waals surface area contributed by atoms with Crippen molar-refractivity contribution in [2.24, 2.45) is 0 Å². The van der Waals surface area contributed by atoms with Gasteiger partial charge < -0.3 is 16.4 Å². The van der Waals surface area contributed by atoms with Crippen molar-refractivity contribution in [3.05, 3.63) is 35.9 Å². The van der Waals surface area contributed by atoms with E-state index in [4.69, 9.17) is 10.2 Å². The lowest BCUT2D eigenvalue weighted by Crippen LogP contribution is -2.07. The Kier molecular flexibility index (Phi) is 4.45. The van der Waals surface area contributed by atoms with E-state index in [9.17, 15) is 0 Å². The molecule has 0 unspecified atom stereocenters. The zero-order valence-electron chi connectivity index (χ0n) is 6.27. The van der Waals surface area contributed by atoms with Crippen molar-refractivity contribution in [1.82, 2.24) is 6.15 Å². The van der Waals surface area contributed by atoms with Crippen LogP contribution in [0, 0.1) is 0 Å². The van der Waals surface area contributed by atoms with Gasteiger partial charge in [-0.05, 0) is 5.56 Å². The smallest absolute Gasteiger partial charge is 0.155 e. The monoisotopic (exact) mass is 155 g/mol. The fourth-order valence-corrected chi connectivity index (χ4v) is 0.825. The number of hydrogen-bond acceptors (Lipinski definition) is 3. The van der Waals surface area contributed by atoms with Gasteiger partial charge in [0.1, 0.15) is 0 Å². The van der Waals surface area contributed by atoms with Crippen molar-refractivity contribution in [3.63, 3.8) is 0 Å². The summed E-state index contributed by atoms with van der Waals surface area (Å²) in [6.45, 7) is 0. The fourth-order valence-electron chi connectivity index (χ4n) is 0.825. The minimum Gasteiger partial charge on any atom is -0.368 e. The molecule has 0 spiro atoms. The molecule has 62 valence electrons. The van der Waals surface area contributed by atoms with E-state index in [2.05, 4.69) is 0 Å². The number of rotatable bonds is 2. The third-order valence-electron chi connectivity index (χ3n) is 1.26. The van der Waals surface area contributed by atoms with E-state index in [0.717, 1.165) is 5.56 Å². The van der Waals surface area contributed by atoms with Gasteiger partial charge in [0.15, 0.2) is 6.29 Å². The van der Waals surface area contributed by atoms with Crippen LogP contribution in [0.4, 0.5) is 0 Å². The van der Waals surface area contributed by atoms with Gasteiger partial charge in [-0.15, -0.1) is 0 Å². The van der Waals surface area contributed by atoms with Gasteiger partial charge in [0.25, 0.3) is 0 Å². The topological polar surface area (TPSA) is 75.5 Å². The first-order valence-electron chi connectivity index (χ1n) is 3.19. The lowest BCUT2D eigenvalue weighted by Gasteiger charge is -2.01. The van der Waals surface area contributed by atoms with Crippen LogP contribution in [0.15, 0.2) is 30.3 Å². The summed E-state index contributed by atoms with van der Waals surface area (Å²) in [6.07, 6.45) is -0.928. The Bertz CT molecular complexity index is 187. The minimum atomic E-state index is -1.23. The summed E-state index contributed by atoms with van der Waals surface area (Å²) in [5, 5.41) is 17.1. The van der Waals surface area contributed by atoms with Gasteiger partial charge in [-0.2, -0.15) is 0 Å². The maximum Gasteiger partial charge on any atom is 0.155 e. The number of aliphatic hydroxyl groups is 2. The lowest BCUT2D eigenvalue weighted by molar-refractivity contribution is -0.0381. The first-order chi connectivity index (χ1) is 4.79. The van der Waals surface area contributed by atoms with Crippen LogP contribution < -0.4 is 6.15 Å². The van der Waals surface area contributed by atoms with E-state index >= 15 is 0 Å². The molecule has 0 heterocycles. The van der Waals surface area contributed by atoms with Crippen molar-refractivity contribution in [1.29, 1.82) is 0 Å². The average Bonchev–Trinajstić information content (AvgIpc) is 1.88. The van der Waals surface area contributed by atoms with Gasteiger partial charge in [-0.1, -0.05) is 30.3 Å². The van der Waals surface area contributed by atoms with E-state index in [0.29, 0.717) is 6.42 Å². The molecule has 11 heavy (non-hydrogen) atoms. The highest BCUT2D eigenvalue weighted by Crippen LogP contribution is 2.00. The van der Waals surface area contributed by atoms with Gasteiger partial charge in [0.05, 0.1) is 0 Å². The number of hydrogen-bond donors (Lipinski definition) is 3. The largest absolute Gasteiger partial charge is 0.368 e. The maximum absolute atomic E-state index is 8.56. The molecule has 0 amide bonds. The van der Waals surface area contributed by atoms with Gasteiger partial charge >= 0.3 is 0 Å². The Morgan fingerprint density at radius 1 is 1.09 bits per heavy atom. The second-order valence-corrected chi connectivity index (χ2v) is 2.17. The quantitative estimate of drug-likeness (QED) is 0.550. The van der Waals surface area contributed by atoms with Crippen molar-refractivity contribution in [2.45, 2.75) is 12.7 Å². The molecular formula is C8H13NO2. The summed E-state index contributed by atoms with van der Waals surface area (Å²) in [6, 6.07) is 9.36. The summed E-state index contributed by atoms with van der Waals surface area (Å²) in [5.41, 5.74) is 0.942. The molecule has 0 radical (unpaired) electrons. The molecule has 1 rings (SSSR count). The molecule has 0 aromatic heterocycles. The number of aliphatic hydroxyl groups excluding tert-OH is 1. The molecule has 5 N–H and O–H groups in total. The molecule has 3 nitrogen and oxygen atoms in total. The molecule has 1 aromatic rings. The van der Waals surface area contributed by atoms with Crippen LogP contribution in [0.1, 0.15) is 5.56 Å². The minimum absolute atomic E-state index is 0. The summed E-state index contributed by atoms with van der Waals surface area (Å²) in [5.74, 6) is 0. The molecule has 0 atom stereocenters. The standard InChI is InChI=1S/C8H10O2.H3N/c9-8(10)6-7-4-2-1-3-5-7;/h1-5,8-10H,6H2;1H3. The Labute approximate surface area is 65.9 Å².